The van der Waals surface area contributed by atoms with Crippen LogP contribution in [0.25, 0.3) is 0 Å². The van der Waals surface area contributed by atoms with E-state index in [1.165, 1.54) is 12.1 Å². The standard InChI is InChI=1S/C11H16N2O4S.ClH/c1-8(7-12)13-18(14,15)9-2-3-10-11(6-9)17-5-4-16-10;/h2-3,6,8,13H,4-5,7,12H2,1H3;1H/t8-;/m0./s1. The van der Waals surface area contributed by atoms with E-state index >= 15 is 0 Å². The molecule has 0 unspecified atom stereocenters. The van der Waals surface area contributed by atoms with Crippen LogP contribution in [0.15, 0.2) is 23.1 Å². The summed E-state index contributed by atoms with van der Waals surface area (Å²) in [5.41, 5.74) is 5.40. The quantitative estimate of drug-likeness (QED) is 0.845. The molecule has 0 saturated carbocycles. The SMILES string of the molecule is C[C@@H](CN)NS(=O)(=O)c1ccc2c(c1)OCCO2.Cl. The largest absolute Gasteiger partial charge is 0.486 e. The highest BCUT2D eigenvalue weighted by Gasteiger charge is 2.20. The second-order valence-corrected chi connectivity index (χ2v) is 5.78. The molecule has 1 aromatic carbocycles. The van der Waals surface area contributed by atoms with Gasteiger partial charge in [0.2, 0.25) is 10.0 Å². The van der Waals surface area contributed by atoms with Crippen LogP contribution in [0.5, 0.6) is 11.5 Å². The molecular weight excluding hydrogens is 292 g/mol. The van der Waals surface area contributed by atoms with Gasteiger partial charge in [-0.05, 0) is 19.1 Å². The monoisotopic (exact) mass is 308 g/mol. The van der Waals surface area contributed by atoms with Gasteiger partial charge in [-0.15, -0.1) is 12.4 Å². The van der Waals surface area contributed by atoms with Gasteiger partial charge in [0, 0.05) is 18.7 Å². The van der Waals surface area contributed by atoms with Crippen LogP contribution >= 0.6 is 12.4 Å². The third-order valence-electron chi connectivity index (χ3n) is 2.53. The fraction of sp³-hybridized carbons (Fsp3) is 0.455. The number of nitrogens with two attached hydrogens (primary N) is 1. The van der Waals surface area contributed by atoms with E-state index in [0.717, 1.165) is 0 Å². The molecule has 1 aliphatic rings. The van der Waals surface area contributed by atoms with Crippen molar-refractivity contribution in [2.24, 2.45) is 5.73 Å². The number of rotatable bonds is 4. The number of halogens is 1. The number of ether oxygens (including phenoxy) is 2. The van der Waals surface area contributed by atoms with Gasteiger partial charge >= 0.3 is 0 Å². The van der Waals surface area contributed by atoms with Gasteiger partial charge in [-0.3, -0.25) is 0 Å². The second-order valence-electron chi connectivity index (χ2n) is 4.06. The molecular formula is C11H17ClN2O4S. The van der Waals surface area contributed by atoms with Gasteiger partial charge in [-0.1, -0.05) is 0 Å². The molecule has 1 aromatic rings. The number of fused-ring (bicyclic) bond motifs is 1. The third-order valence-corrected chi connectivity index (χ3v) is 4.12. The van der Waals surface area contributed by atoms with Crippen molar-refractivity contribution in [3.8, 4) is 11.5 Å². The minimum Gasteiger partial charge on any atom is -0.486 e. The van der Waals surface area contributed by atoms with Crippen LogP contribution in [0.1, 0.15) is 6.92 Å². The predicted octanol–water partition coefficient (Wildman–Crippen LogP) is 0.505. The number of sulfonamides is 1. The summed E-state index contributed by atoms with van der Waals surface area (Å²) in [4.78, 5) is 0.145. The molecule has 0 radical (unpaired) electrons. The summed E-state index contributed by atoms with van der Waals surface area (Å²) in [6, 6.07) is 4.22. The van der Waals surface area contributed by atoms with Crippen molar-refractivity contribution in [2.45, 2.75) is 17.9 Å². The van der Waals surface area contributed by atoms with Crippen LogP contribution in [-0.4, -0.2) is 34.2 Å². The maximum absolute atomic E-state index is 12.0. The van der Waals surface area contributed by atoms with Crippen molar-refractivity contribution >= 4 is 22.4 Å². The van der Waals surface area contributed by atoms with Crippen LogP contribution in [0.3, 0.4) is 0 Å². The van der Waals surface area contributed by atoms with Crippen molar-refractivity contribution < 1.29 is 17.9 Å². The Balaban J connectivity index is 0.00000180. The molecule has 1 aliphatic heterocycles. The number of benzene rings is 1. The molecule has 0 amide bonds. The molecule has 19 heavy (non-hydrogen) atoms. The molecule has 3 N–H and O–H groups in total. The Morgan fingerprint density at radius 2 is 1.95 bits per heavy atom. The van der Waals surface area contributed by atoms with Gasteiger partial charge in [-0.2, -0.15) is 0 Å². The highest BCUT2D eigenvalue weighted by molar-refractivity contribution is 7.89. The Labute approximate surface area is 118 Å². The van der Waals surface area contributed by atoms with Crippen molar-refractivity contribution in [2.75, 3.05) is 19.8 Å². The fourth-order valence-electron chi connectivity index (χ4n) is 1.57. The first-order chi connectivity index (χ1) is 8.53. The van der Waals surface area contributed by atoms with E-state index in [1.807, 2.05) is 0 Å². The normalized spacial score (nSPS) is 15.5. The lowest BCUT2D eigenvalue weighted by molar-refractivity contribution is 0.171. The van der Waals surface area contributed by atoms with Gasteiger partial charge in [0.1, 0.15) is 13.2 Å². The first-order valence-corrected chi connectivity index (χ1v) is 7.13. The van der Waals surface area contributed by atoms with E-state index in [2.05, 4.69) is 4.72 Å². The Morgan fingerprint density at radius 1 is 1.32 bits per heavy atom. The Kier molecular flexibility index (Phi) is 5.42. The first kappa shape index (κ1) is 16.0. The summed E-state index contributed by atoms with van der Waals surface area (Å²) in [6.07, 6.45) is 0. The molecule has 1 atom stereocenters. The molecule has 0 bridgehead atoms. The smallest absolute Gasteiger partial charge is 0.240 e. The molecule has 0 aromatic heterocycles. The highest BCUT2D eigenvalue weighted by Crippen LogP contribution is 2.32. The Morgan fingerprint density at radius 3 is 2.58 bits per heavy atom. The van der Waals surface area contributed by atoms with Crippen LogP contribution in [-0.2, 0) is 10.0 Å². The Bertz CT molecular complexity index is 535. The highest BCUT2D eigenvalue weighted by atomic mass is 35.5. The van der Waals surface area contributed by atoms with E-state index in [-0.39, 0.29) is 29.9 Å². The molecule has 0 spiro atoms. The lowest BCUT2D eigenvalue weighted by Gasteiger charge is -2.19. The average molecular weight is 309 g/mol. The zero-order valence-corrected chi connectivity index (χ0v) is 12.1. The average Bonchev–Trinajstić information content (AvgIpc) is 2.37. The lowest BCUT2D eigenvalue weighted by atomic mass is 10.3. The van der Waals surface area contributed by atoms with E-state index in [4.69, 9.17) is 15.2 Å². The van der Waals surface area contributed by atoms with Gasteiger partial charge < -0.3 is 15.2 Å². The van der Waals surface area contributed by atoms with Crippen LogP contribution in [0.2, 0.25) is 0 Å². The van der Waals surface area contributed by atoms with Crippen molar-refractivity contribution in [1.29, 1.82) is 0 Å². The summed E-state index contributed by atoms with van der Waals surface area (Å²) in [5, 5.41) is 0. The van der Waals surface area contributed by atoms with Gasteiger partial charge in [0.05, 0.1) is 4.90 Å². The fourth-order valence-corrected chi connectivity index (χ4v) is 2.84. The van der Waals surface area contributed by atoms with Gasteiger partial charge in [0.25, 0.3) is 0 Å². The zero-order chi connectivity index (χ0) is 13.2. The molecule has 2 rings (SSSR count). The van der Waals surface area contributed by atoms with Crippen molar-refractivity contribution in [3.63, 3.8) is 0 Å². The molecule has 6 nitrogen and oxygen atoms in total. The summed E-state index contributed by atoms with van der Waals surface area (Å²) in [6.45, 7) is 2.84. The first-order valence-electron chi connectivity index (χ1n) is 5.65. The predicted molar refractivity (Wildman–Crippen MR) is 73.5 cm³/mol. The van der Waals surface area contributed by atoms with Crippen LogP contribution in [0.4, 0.5) is 0 Å². The summed E-state index contributed by atoms with van der Waals surface area (Å²) in [5.74, 6) is 1.01. The van der Waals surface area contributed by atoms with Crippen molar-refractivity contribution in [1.82, 2.24) is 4.72 Å². The minimum absolute atomic E-state index is 0. The maximum Gasteiger partial charge on any atom is 0.240 e. The maximum atomic E-state index is 12.0. The van der Waals surface area contributed by atoms with E-state index < -0.39 is 10.0 Å². The second kappa shape index (κ2) is 6.42. The topological polar surface area (TPSA) is 90.7 Å². The number of nitrogens with one attached hydrogen (secondary N) is 1. The number of hydrogen-bond donors (Lipinski definition) is 2. The molecule has 0 fully saturated rings. The molecule has 108 valence electrons. The summed E-state index contributed by atoms with van der Waals surface area (Å²) >= 11 is 0. The molecule has 8 heteroatoms. The third kappa shape index (κ3) is 3.73. The van der Waals surface area contributed by atoms with Crippen LogP contribution in [0, 0.1) is 0 Å². The zero-order valence-electron chi connectivity index (χ0n) is 10.5. The number of hydrogen-bond acceptors (Lipinski definition) is 5. The van der Waals surface area contributed by atoms with E-state index in [1.54, 1.807) is 13.0 Å². The van der Waals surface area contributed by atoms with Gasteiger partial charge in [0.15, 0.2) is 11.5 Å². The molecule has 1 heterocycles. The van der Waals surface area contributed by atoms with Crippen molar-refractivity contribution in [3.05, 3.63) is 18.2 Å². The summed E-state index contributed by atoms with van der Waals surface area (Å²) in [7, 11) is -3.57. The Hall–Kier alpha value is -1.02. The molecule has 0 saturated heterocycles. The van der Waals surface area contributed by atoms with Crippen LogP contribution < -0.4 is 19.9 Å². The lowest BCUT2D eigenvalue weighted by Crippen LogP contribution is -2.37. The van der Waals surface area contributed by atoms with E-state index in [0.29, 0.717) is 24.7 Å². The van der Waals surface area contributed by atoms with Gasteiger partial charge in [-0.25, -0.2) is 13.1 Å². The summed E-state index contributed by atoms with van der Waals surface area (Å²) < 4.78 is 37.2. The molecule has 0 aliphatic carbocycles. The van der Waals surface area contributed by atoms with E-state index in [9.17, 15) is 8.42 Å². The minimum atomic E-state index is -3.57.